The molecule has 1 aromatic rings. The highest BCUT2D eigenvalue weighted by Crippen LogP contribution is 2.12. The van der Waals surface area contributed by atoms with E-state index >= 15 is 0 Å². The number of aryl methyl sites for hydroxylation is 2. The summed E-state index contributed by atoms with van der Waals surface area (Å²) in [6, 6.07) is 2.90. The summed E-state index contributed by atoms with van der Waals surface area (Å²) < 4.78 is 0. The van der Waals surface area contributed by atoms with Gasteiger partial charge in [-0.3, -0.25) is 15.1 Å². The highest BCUT2D eigenvalue weighted by molar-refractivity contribution is 5.32. The van der Waals surface area contributed by atoms with Gasteiger partial charge in [0.15, 0.2) is 0 Å². The lowest BCUT2D eigenvalue weighted by molar-refractivity contribution is -0.385. The van der Waals surface area contributed by atoms with Gasteiger partial charge < -0.3 is 0 Å². The Balaban J connectivity index is 3.19. The number of nitro groups is 1. The monoisotopic (exact) mass is 152 g/mol. The van der Waals surface area contributed by atoms with E-state index in [0.29, 0.717) is 11.4 Å². The SMILES string of the molecule is Cc1cc([N+](=O)[O-])cc(C)n1. The Bertz CT molecular complexity index is 276. The van der Waals surface area contributed by atoms with Gasteiger partial charge in [0.2, 0.25) is 0 Å². The molecule has 0 N–H and O–H groups in total. The second-order valence-corrected chi connectivity index (χ2v) is 2.37. The maximum atomic E-state index is 10.3. The van der Waals surface area contributed by atoms with Crippen molar-refractivity contribution in [2.75, 3.05) is 0 Å². The number of hydrogen-bond acceptors (Lipinski definition) is 3. The van der Waals surface area contributed by atoms with E-state index in [2.05, 4.69) is 4.98 Å². The molecule has 0 aliphatic rings. The van der Waals surface area contributed by atoms with E-state index < -0.39 is 4.92 Å². The Hall–Kier alpha value is -1.45. The molecule has 4 nitrogen and oxygen atoms in total. The van der Waals surface area contributed by atoms with Gasteiger partial charge in [0, 0.05) is 23.5 Å². The third-order valence-corrected chi connectivity index (χ3v) is 1.28. The third-order valence-electron chi connectivity index (χ3n) is 1.28. The summed E-state index contributed by atoms with van der Waals surface area (Å²) in [6.07, 6.45) is 0. The van der Waals surface area contributed by atoms with Crippen LogP contribution >= 0.6 is 0 Å². The van der Waals surface area contributed by atoms with Crippen LogP contribution in [0.4, 0.5) is 5.69 Å². The van der Waals surface area contributed by atoms with Gasteiger partial charge in [-0.25, -0.2) is 0 Å². The smallest absolute Gasteiger partial charge is 0.258 e. The molecule has 0 atom stereocenters. The molecule has 0 spiro atoms. The van der Waals surface area contributed by atoms with Gasteiger partial charge in [-0.1, -0.05) is 0 Å². The maximum absolute atomic E-state index is 10.3. The van der Waals surface area contributed by atoms with E-state index in [1.165, 1.54) is 12.1 Å². The molecule has 0 aliphatic carbocycles. The van der Waals surface area contributed by atoms with Gasteiger partial charge in [0.05, 0.1) is 4.92 Å². The quantitative estimate of drug-likeness (QED) is 0.453. The van der Waals surface area contributed by atoms with Crippen molar-refractivity contribution in [2.45, 2.75) is 13.8 Å². The van der Waals surface area contributed by atoms with E-state index in [1.54, 1.807) is 13.8 Å². The summed E-state index contributed by atoms with van der Waals surface area (Å²) in [5.41, 5.74) is 1.46. The molecule has 0 unspecified atom stereocenters. The fraction of sp³-hybridized carbons (Fsp3) is 0.286. The largest absolute Gasteiger partial charge is 0.273 e. The molecular formula is C7H8N2O2. The lowest BCUT2D eigenvalue weighted by atomic mass is 10.3. The van der Waals surface area contributed by atoms with Crippen molar-refractivity contribution >= 4 is 5.69 Å². The van der Waals surface area contributed by atoms with Crippen molar-refractivity contribution in [1.29, 1.82) is 0 Å². The van der Waals surface area contributed by atoms with Crippen LogP contribution in [-0.2, 0) is 0 Å². The zero-order valence-corrected chi connectivity index (χ0v) is 6.37. The molecule has 0 aromatic carbocycles. The molecule has 0 aliphatic heterocycles. The normalized spacial score (nSPS) is 9.64. The van der Waals surface area contributed by atoms with E-state index in [4.69, 9.17) is 0 Å². The topological polar surface area (TPSA) is 56.0 Å². The summed E-state index contributed by atoms with van der Waals surface area (Å²) in [5.74, 6) is 0. The van der Waals surface area contributed by atoms with Gasteiger partial charge in [-0.05, 0) is 13.8 Å². The molecule has 0 amide bonds. The Morgan fingerprint density at radius 2 is 1.82 bits per heavy atom. The standard InChI is InChI=1S/C7H8N2O2/c1-5-3-7(9(10)11)4-6(2)8-5/h3-4H,1-2H3. The summed E-state index contributed by atoms with van der Waals surface area (Å²) in [4.78, 5) is 13.9. The molecule has 11 heavy (non-hydrogen) atoms. The Morgan fingerprint density at radius 1 is 1.36 bits per heavy atom. The van der Waals surface area contributed by atoms with Crippen molar-refractivity contribution in [2.24, 2.45) is 0 Å². The van der Waals surface area contributed by atoms with Crippen LogP contribution in [0.3, 0.4) is 0 Å². The van der Waals surface area contributed by atoms with Crippen LogP contribution < -0.4 is 0 Å². The molecular weight excluding hydrogens is 144 g/mol. The molecule has 1 rings (SSSR count). The van der Waals surface area contributed by atoms with Gasteiger partial charge in [-0.2, -0.15) is 0 Å². The number of hydrogen-bond donors (Lipinski definition) is 0. The molecule has 1 heterocycles. The predicted molar refractivity (Wildman–Crippen MR) is 40.4 cm³/mol. The maximum Gasteiger partial charge on any atom is 0.273 e. The highest BCUT2D eigenvalue weighted by atomic mass is 16.6. The zero-order chi connectivity index (χ0) is 8.43. The van der Waals surface area contributed by atoms with Crippen LogP contribution in [0.1, 0.15) is 11.4 Å². The van der Waals surface area contributed by atoms with E-state index in [1.807, 2.05) is 0 Å². The van der Waals surface area contributed by atoms with Crippen molar-refractivity contribution < 1.29 is 4.92 Å². The fourth-order valence-electron chi connectivity index (χ4n) is 0.918. The first-order valence-corrected chi connectivity index (χ1v) is 3.19. The van der Waals surface area contributed by atoms with Crippen molar-refractivity contribution in [3.8, 4) is 0 Å². The number of pyridine rings is 1. The van der Waals surface area contributed by atoms with Crippen molar-refractivity contribution in [3.63, 3.8) is 0 Å². The second kappa shape index (κ2) is 2.65. The minimum atomic E-state index is -0.415. The van der Waals surface area contributed by atoms with Gasteiger partial charge in [0.25, 0.3) is 5.69 Å². The van der Waals surface area contributed by atoms with Crippen LogP contribution in [0, 0.1) is 24.0 Å². The highest BCUT2D eigenvalue weighted by Gasteiger charge is 2.05. The molecule has 1 aromatic heterocycles. The van der Waals surface area contributed by atoms with Gasteiger partial charge >= 0.3 is 0 Å². The molecule has 0 saturated heterocycles. The summed E-state index contributed by atoms with van der Waals surface area (Å²) in [7, 11) is 0. The van der Waals surface area contributed by atoms with Crippen molar-refractivity contribution in [1.82, 2.24) is 4.98 Å². The van der Waals surface area contributed by atoms with E-state index in [-0.39, 0.29) is 5.69 Å². The summed E-state index contributed by atoms with van der Waals surface area (Å²) in [6.45, 7) is 3.47. The van der Waals surface area contributed by atoms with Crippen LogP contribution in [0.25, 0.3) is 0 Å². The molecule has 0 saturated carbocycles. The summed E-state index contributed by atoms with van der Waals surface area (Å²) >= 11 is 0. The van der Waals surface area contributed by atoms with E-state index in [9.17, 15) is 10.1 Å². The molecule has 0 radical (unpaired) electrons. The summed E-state index contributed by atoms with van der Waals surface area (Å²) in [5, 5.41) is 10.3. The lowest BCUT2D eigenvalue weighted by Gasteiger charge is -1.95. The average Bonchev–Trinajstić information content (AvgIpc) is 1.85. The Labute approximate surface area is 64.0 Å². The molecule has 4 heteroatoms. The molecule has 0 bridgehead atoms. The Morgan fingerprint density at radius 3 is 2.18 bits per heavy atom. The van der Waals surface area contributed by atoms with Gasteiger partial charge in [0.1, 0.15) is 0 Å². The van der Waals surface area contributed by atoms with E-state index in [0.717, 1.165) is 0 Å². The van der Waals surface area contributed by atoms with Crippen LogP contribution in [0.15, 0.2) is 12.1 Å². The van der Waals surface area contributed by atoms with Crippen molar-refractivity contribution in [3.05, 3.63) is 33.6 Å². The minimum absolute atomic E-state index is 0.106. The minimum Gasteiger partial charge on any atom is -0.258 e. The number of nitrogens with zero attached hydrogens (tertiary/aromatic N) is 2. The Kier molecular flexibility index (Phi) is 1.85. The third kappa shape index (κ3) is 1.73. The van der Waals surface area contributed by atoms with Gasteiger partial charge in [-0.15, -0.1) is 0 Å². The first kappa shape index (κ1) is 7.65. The lowest BCUT2D eigenvalue weighted by Crippen LogP contribution is -1.92. The first-order chi connectivity index (χ1) is 5.09. The van der Waals surface area contributed by atoms with Crippen LogP contribution in [0.5, 0.6) is 0 Å². The number of aromatic nitrogens is 1. The second-order valence-electron chi connectivity index (χ2n) is 2.37. The fourth-order valence-corrected chi connectivity index (χ4v) is 0.918. The number of rotatable bonds is 1. The predicted octanol–water partition coefficient (Wildman–Crippen LogP) is 1.61. The van der Waals surface area contributed by atoms with Crippen LogP contribution in [0.2, 0.25) is 0 Å². The zero-order valence-electron chi connectivity index (χ0n) is 6.37. The molecule has 0 fully saturated rings. The molecule has 58 valence electrons. The average molecular weight is 152 g/mol. The van der Waals surface area contributed by atoms with Crippen LogP contribution in [-0.4, -0.2) is 9.91 Å². The first-order valence-electron chi connectivity index (χ1n) is 3.19.